The molecular weight excluding hydrogens is 490 g/mol. The van der Waals surface area contributed by atoms with Gasteiger partial charge in [-0.25, -0.2) is 4.79 Å². The first-order valence-corrected chi connectivity index (χ1v) is 14.9. The van der Waals surface area contributed by atoms with E-state index in [1.54, 1.807) is 14.0 Å². The number of rotatable bonds is 8. The van der Waals surface area contributed by atoms with Gasteiger partial charge in [-0.05, 0) is 62.5 Å². The molecule has 0 spiro atoms. The number of hydrogen-bond acceptors (Lipinski definition) is 6. The van der Waals surface area contributed by atoms with E-state index >= 15 is 0 Å². The summed E-state index contributed by atoms with van der Waals surface area (Å²) in [5.74, 6) is 3.47. The molecule has 4 aliphatic heterocycles. The Labute approximate surface area is 233 Å². The highest BCUT2D eigenvalue weighted by Gasteiger charge is 2.51. The predicted molar refractivity (Wildman–Crippen MR) is 151 cm³/mol. The number of methoxy groups -OCH3 is 1. The van der Waals surface area contributed by atoms with Crippen molar-refractivity contribution in [2.75, 3.05) is 13.7 Å². The predicted octanol–water partition coefficient (Wildman–Crippen LogP) is 6.12. The van der Waals surface area contributed by atoms with Gasteiger partial charge in [-0.15, -0.1) is 0 Å². The summed E-state index contributed by atoms with van der Waals surface area (Å²) in [6.07, 6.45) is 8.87. The van der Waals surface area contributed by atoms with Gasteiger partial charge in [-0.2, -0.15) is 0 Å². The maximum atomic E-state index is 12.4. The van der Waals surface area contributed by atoms with E-state index in [0.29, 0.717) is 34.7 Å². The number of fused-ring (bicyclic) bond motifs is 3. The molecule has 0 aliphatic carbocycles. The zero-order chi connectivity index (χ0) is 27.7. The maximum Gasteiger partial charge on any atom is 0.343 e. The number of ether oxygens (including phenoxy) is 3. The highest BCUT2D eigenvalue weighted by molar-refractivity contribution is 5.93. The third-order valence-corrected chi connectivity index (χ3v) is 9.23. The largest absolute Gasteiger partial charge is 0.492 e. The van der Waals surface area contributed by atoms with Gasteiger partial charge < -0.3 is 19.3 Å². The Morgan fingerprint density at radius 2 is 1.90 bits per heavy atom. The van der Waals surface area contributed by atoms with Gasteiger partial charge in [0.2, 0.25) is 5.76 Å². The molecule has 212 valence electrons. The average molecular weight is 536 g/mol. The smallest absolute Gasteiger partial charge is 0.343 e. The molecule has 39 heavy (non-hydrogen) atoms. The zero-order valence-corrected chi connectivity index (χ0v) is 24.2. The van der Waals surface area contributed by atoms with Crippen LogP contribution >= 0.6 is 0 Å². The molecule has 0 aromatic heterocycles. The van der Waals surface area contributed by atoms with Crippen molar-refractivity contribution in [2.45, 2.75) is 90.8 Å². The Bertz CT molecular complexity index is 1140. The second kappa shape index (κ2) is 11.9. The monoisotopic (exact) mass is 535 g/mol. The minimum Gasteiger partial charge on any atom is -0.492 e. The number of cyclic esters (lactones) is 1. The van der Waals surface area contributed by atoms with Gasteiger partial charge in [-0.1, -0.05) is 63.9 Å². The van der Waals surface area contributed by atoms with E-state index < -0.39 is 0 Å². The van der Waals surface area contributed by atoms with Crippen LogP contribution in [0.25, 0.3) is 0 Å². The minimum absolute atomic E-state index is 0.0231. The molecule has 0 radical (unpaired) electrons. The van der Waals surface area contributed by atoms with Crippen LogP contribution in [0, 0.1) is 23.7 Å². The third kappa shape index (κ3) is 5.69. The van der Waals surface area contributed by atoms with Crippen LogP contribution < -0.4 is 0 Å². The highest BCUT2D eigenvalue weighted by Crippen LogP contribution is 2.50. The Kier molecular flexibility index (Phi) is 8.53. The first kappa shape index (κ1) is 28.0. The van der Waals surface area contributed by atoms with Crippen molar-refractivity contribution in [2.24, 2.45) is 23.7 Å². The van der Waals surface area contributed by atoms with Gasteiger partial charge in [0.1, 0.15) is 5.76 Å². The fourth-order valence-corrected chi connectivity index (χ4v) is 7.29. The summed E-state index contributed by atoms with van der Waals surface area (Å²) in [6, 6.07) is 11.1. The number of aliphatic hydroxyl groups is 1. The Morgan fingerprint density at radius 3 is 2.62 bits per heavy atom. The number of carbonyl (C=O) groups excluding carboxylic acids is 1. The fourth-order valence-electron chi connectivity index (χ4n) is 7.29. The highest BCUT2D eigenvalue weighted by atomic mass is 16.6. The van der Waals surface area contributed by atoms with Crippen LogP contribution in [0.4, 0.5) is 0 Å². The van der Waals surface area contributed by atoms with E-state index in [1.807, 2.05) is 0 Å². The van der Waals surface area contributed by atoms with Gasteiger partial charge in [0.25, 0.3) is 0 Å². The van der Waals surface area contributed by atoms with Crippen molar-refractivity contribution in [1.82, 2.24) is 4.90 Å². The number of piperidine rings is 1. The van der Waals surface area contributed by atoms with Crippen molar-refractivity contribution in [1.29, 1.82) is 0 Å². The third-order valence-electron chi connectivity index (χ3n) is 9.23. The summed E-state index contributed by atoms with van der Waals surface area (Å²) >= 11 is 0. The fraction of sp³-hybridized carbons (Fsp3) is 0.606. The topological polar surface area (TPSA) is 68.2 Å². The van der Waals surface area contributed by atoms with Crippen LogP contribution in [0.5, 0.6) is 0 Å². The van der Waals surface area contributed by atoms with Gasteiger partial charge in [0, 0.05) is 30.5 Å². The van der Waals surface area contributed by atoms with Crippen LogP contribution in [0.2, 0.25) is 0 Å². The first-order chi connectivity index (χ1) is 18.8. The molecule has 1 N–H and O–H groups in total. The van der Waals surface area contributed by atoms with Crippen molar-refractivity contribution in [3.8, 4) is 0 Å². The SMILES string of the molecule is COC1=C(C)C(=O)OC1=C1OC2=CCCN3C(C(O)CCCC(C)C)CC(Cc4ccccc4)CC3C2C1C. The standard InChI is InChI=1S/C33H45NO5/c1-20(2)11-9-14-27(35)25-18-24(17-23-12-7-6-8-13-23)19-26-29-21(3)31(38-28(29)15-10-16-34(25)26)32-30(37-5)22(4)33(36)39-32/h6-8,12-13,15,20-21,24-27,29,35H,9-11,14,16-19H2,1-5H3. The van der Waals surface area contributed by atoms with E-state index in [-0.39, 0.29) is 36.0 Å². The first-order valence-electron chi connectivity index (χ1n) is 14.9. The number of nitrogens with zero attached hydrogens (tertiary/aromatic N) is 1. The molecule has 5 rings (SSSR count). The maximum absolute atomic E-state index is 12.4. The normalized spacial score (nSPS) is 31.8. The van der Waals surface area contributed by atoms with Crippen LogP contribution in [0.1, 0.15) is 71.8 Å². The quantitative estimate of drug-likeness (QED) is 0.404. The minimum atomic E-state index is -0.377. The molecule has 1 aromatic carbocycles. The van der Waals surface area contributed by atoms with Crippen LogP contribution in [-0.2, 0) is 25.4 Å². The summed E-state index contributed by atoms with van der Waals surface area (Å²) in [5, 5.41) is 11.6. The molecule has 1 aromatic rings. The Hall–Kier alpha value is -2.57. The van der Waals surface area contributed by atoms with Crippen molar-refractivity contribution < 1.29 is 24.1 Å². The average Bonchev–Trinajstić information content (AvgIpc) is 3.31. The van der Waals surface area contributed by atoms with Gasteiger partial charge in [-0.3, -0.25) is 4.90 Å². The molecular formula is C33H45NO5. The number of benzene rings is 1. The second-order valence-corrected chi connectivity index (χ2v) is 12.3. The van der Waals surface area contributed by atoms with Crippen LogP contribution in [0.15, 0.2) is 65.0 Å². The van der Waals surface area contributed by atoms with Crippen molar-refractivity contribution in [3.63, 3.8) is 0 Å². The van der Waals surface area contributed by atoms with Gasteiger partial charge in [0.05, 0.1) is 18.8 Å². The van der Waals surface area contributed by atoms with Crippen LogP contribution in [0.3, 0.4) is 0 Å². The number of allylic oxidation sites excluding steroid dienone is 1. The van der Waals surface area contributed by atoms with Gasteiger partial charge >= 0.3 is 5.97 Å². The number of carbonyl (C=O) groups is 1. The second-order valence-electron chi connectivity index (χ2n) is 12.3. The lowest BCUT2D eigenvalue weighted by atomic mass is 9.73. The van der Waals surface area contributed by atoms with E-state index in [0.717, 1.165) is 57.2 Å². The van der Waals surface area contributed by atoms with Crippen molar-refractivity contribution in [3.05, 3.63) is 70.6 Å². The molecule has 6 nitrogen and oxygen atoms in total. The lowest BCUT2D eigenvalue weighted by Crippen LogP contribution is -2.57. The summed E-state index contributed by atoms with van der Waals surface area (Å²) in [7, 11) is 1.57. The summed E-state index contributed by atoms with van der Waals surface area (Å²) in [4.78, 5) is 15.0. The summed E-state index contributed by atoms with van der Waals surface area (Å²) < 4.78 is 17.8. The molecule has 2 saturated heterocycles. The van der Waals surface area contributed by atoms with E-state index in [4.69, 9.17) is 14.2 Å². The molecule has 6 atom stereocenters. The molecule has 6 heteroatoms. The van der Waals surface area contributed by atoms with Gasteiger partial charge in [0.15, 0.2) is 11.5 Å². The number of esters is 1. The van der Waals surface area contributed by atoms with E-state index in [2.05, 4.69) is 62.1 Å². The summed E-state index contributed by atoms with van der Waals surface area (Å²) in [6.45, 7) is 9.34. The summed E-state index contributed by atoms with van der Waals surface area (Å²) in [5.41, 5.74) is 1.83. The Morgan fingerprint density at radius 1 is 1.13 bits per heavy atom. The van der Waals surface area contributed by atoms with E-state index in [9.17, 15) is 9.90 Å². The molecule has 6 unspecified atom stereocenters. The molecule has 2 fully saturated rings. The molecule has 0 bridgehead atoms. The van der Waals surface area contributed by atoms with E-state index in [1.165, 1.54) is 5.56 Å². The molecule has 0 saturated carbocycles. The number of hydrogen-bond donors (Lipinski definition) is 1. The van der Waals surface area contributed by atoms with Crippen molar-refractivity contribution >= 4 is 5.97 Å². The lowest BCUT2D eigenvalue weighted by Gasteiger charge is -2.49. The Balaban J connectivity index is 1.46. The lowest BCUT2D eigenvalue weighted by molar-refractivity contribution is -0.133. The molecule has 0 amide bonds. The zero-order valence-electron chi connectivity index (χ0n) is 24.2. The molecule has 4 heterocycles. The van der Waals surface area contributed by atoms with Crippen LogP contribution in [-0.4, -0.2) is 47.8 Å². The molecule has 4 aliphatic rings. The number of aliphatic hydroxyl groups excluding tert-OH is 1.